The molecule has 1 rings (SSSR count). The van der Waals surface area contributed by atoms with Crippen LogP contribution in [0.5, 0.6) is 0 Å². The van der Waals surface area contributed by atoms with Crippen LogP contribution in [0, 0.1) is 0 Å². The van der Waals surface area contributed by atoms with Crippen LogP contribution in [-0.2, 0) is 5.41 Å². The number of aliphatic hydroxyl groups is 1. The van der Waals surface area contributed by atoms with Gasteiger partial charge in [0.25, 0.3) is 0 Å². The number of allylic oxidation sites excluding steroid dienone is 1. The van der Waals surface area contributed by atoms with Crippen LogP contribution in [0.25, 0.3) is 0 Å². The molecule has 1 atom stereocenters. The first kappa shape index (κ1) is 11.0. The van der Waals surface area contributed by atoms with Gasteiger partial charge in [-0.05, 0) is 18.9 Å². The molecule has 1 aromatic rings. The summed E-state index contributed by atoms with van der Waals surface area (Å²) in [6.07, 6.45) is 5.19. The lowest BCUT2D eigenvalue weighted by atomic mass is 9.83. The van der Waals surface area contributed by atoms with E-state index in [1.807, 2.05) is 18.2 Å². The summed E-state index contributed by atoms with van der Waals surface area (Å²) in [5.74, 6) is 0. The first-order chi connectivity index (χ1) is 6.73. The lowest BCUT2D eigenvalue weighted by molar-refractivity contribution is 0.236. The second kappa shape index (κ2) is 4.97. The van der Waals surface area contributed by atoms with Gasteiger partial charge in [-0.1, -0.05) is 49.4 Å². The number of hydrogen-bond donors (Lipinski definition) is 1. The predicted octanol–water partition coefficient (Wildman–Crippen LogP) is 2.90. The highest BCUT2D eigenvalue weighted by atomic mass is 16.3. The molecule has 0 aromatic heterocycles. The van der Waals surface area contributed by atoms with Crippen LogP contribution in [0.3, 0.4) is 0 Å². The van der Waals surface area contributed by atoms with E-state index in [4.69, 9.17) is 0 Å². The molecule has 1 heteroatoms. The van der Waals surface area contributed by atoms with E-state index in [-0.39, 0.29) is 12.0 Å². The largest absolute Gasteiger partial charge is 0.395 e. The van der Waals surface area contributed by atoms with Crippen molar-refractivity contribution in [3.8, 4) is 0 Å². The standard InChI is InChI=1S/C13H18O/c1-3-4-10-13(2,11-14)12-8-6-5-7-9-12/h4-10,14H,3,11H2,1-2H3. The van der Waals surface area contributed by atoms with Gasteiger partial charge in [0.2, 0.25) is 0 Å². The molecular formula is C13H18O. The number of aliphatic hydroxyl groups excluding tert-OH is 1. The molecule has 1 nitrogen and oxygen atoms in total. The molecule has 0 spiro atoms. The molecule has 76 valence electrons. The van der Waals surface area contributed by atoms with Crippen molar-refractivity contribution in [1.29, 1.82) is 0 Å². The van der Waals surface area contributed by atoms with Gasteiger partial charge < -0.3 is 5.11 Å². The van der Waals surface area contributed by atoms with Crippen LogP contribution >= 0.6 is 0 Å². The summed E-state index contributed by atoms with van der Waals surface area (Å²) in [4.78, 5) is 0. The third-order valence-corrected chi connectivity index (χ3v) is 2.48. The zero-order chi connectivity index (χ0) is 10.4. The minimum atomic E-state index is -0.239. The van der Waals surface area contributed by atoms with E-state index < -0.39 is 0 Å². The second-order valence-electron chi connectivity index (χ2n) is 3.75. The van der Waals surface area contributed by atoms with E-state index in [2.05, 4.69) is 38.1 Å². The minimum Gasteiger partial charge on any atom is -0.395 e. The van der Waals surface area contributed by atoms with Gasteiger partial charge in [0, 0.05) is 5.41 Å². The summed E-state index contributed by atoms with van der Waals surface area (Å²) in [5.41, 5.74) is 0.921. The molecule has 1 unspecified atom stereocenters. The summed E-state index contributed by atoms with van der Waals surface area (Å²) in [6, 6.07) is 10.1. The fraction of sp³-hybridized carbons (Fsp3) is 0.385. The summed E-state index contributed by atoms with van der Waals surface area (Å²) in [6.45, 7) is 4.29. The van der Waals surface area contributed by atoms with Gasteiger partial charge in [-0.15, -0.1) is 0 Å². The molecule has 0 aliphatic heterocycles. The monoisotopic (exact) mass is 190 g/mol. The normalized spacial score (nSPS) is 15.6. The maximum atomic E-state index is 9.41. The smallest absolute Gasteiger partial charge is 0.0560 e. The Balaban J connectivity index is 2.96. The van der Waals surface area contributed by atoms with E-state index in [9.17, 15) is 5.11 Å². The third kappa shape index (κ3) is 2.46. The third-order valence-electron chi connectivity index (χ3n) is 2.48. The minimum absolute atomic E-state index is 0.146. The molecular weight excluding hydrogens is 172 g/mol. The molecule has 0 saturated heterocycles. The van der Waals surface area contributed by atoms with Crippen molar-refractivity contribution in [3.63, 3.8) is 0 Å². The topological polar surface area (TPSA) is 20.2 Å². The zero-order valence-electron chi connectivity index (χ0n) is 8.90. The van der Waals surface area contributed by atoms with E-state index in [1.54, 1.807) is 0 Å². The maximum absolute atomic E-state index is 9.41. The quantitative estimate of drug-likeness (QED) is 0.724. The van der Waals surface area contributed by atoms with Crippen LogP contribution in [-0.4, -0.2) is 11.7 Å². The highest BCUT2D eigenvalue weighted by Gasteiger charge is 2.21. The average Bonchev–Trinajstić information content (AvgIpc) is 2.27. The predicted molar refractivity (Wildman–Crippen MR) is 60.3 cm³/mol. The lowest BCUT2D eigenvalue weighted by Crippen LogP contribution is -2.23. The molecule has 0 aliphatic carbocycles. The first-order valence-electron chi connectivity index (χ1n) is 5.07. The molecule has 0 bridgehead atoms. The van der Waals surface area contributed by atoms with Gasteiger partial charge in [0.1, 0.15) is 0 Å². The molecule has 0 amide bonds. The van der Waals surface area contributed by atoms with Crippen molar-refractivity contribution in [3.05, 3.63) is 48.0 Å². The Labute approximate surface area is 86.1 Å². The number of rotatable bonds is 4. The summed E-state index contributed by atoms with van der Waals surface area (Å²) in [5, 5.41) is 9.41. The Morgan fingerprint density at radius 3 is 2.43 bits per heavy atom. The molecule has 0 heterocycles. The van der Waals surface area contributed by atoms with E-state index in [0.29, 0.717) is 0 Å². The van der Waals surface area contributed by atoms with Crippen LogP contribution in [0.4, 0.5) is 0 Å². The van der Waals surface area contributed by atoms with Gasteiger partial charge in [0.05, 0.1) is 6.61 Å². The molecule has 0 saturated carbocycles. The zero-order valence-corrected chi connectivity index (χ0v) is 8.90. The van der Waals surface area contributed by atoms with Gasteiger partial charge in [-0.2, -0.15) is 0 Å². The molecule has 0 fully saturated rings. The molecule has 1 aromatic carbocycles. The van der Waals surface area contributed by atoms with Crippen LogP contribution < -0.4 is 0 Å². The number of hydrogen-bond acceptors (Lipinski definition) is 1. The highest BCUT2D eigenvalue weighted by Crippen LogP contribution is 2.24. The van der Waals surface area contributed by atoms with E-state index in [1.165, 1.54) is 0 Å². The van der Waals surface area contributed by atoms with Crippen LogP contribution in [0.1, 0.15) is 25.8 Å². The highest BCUT2D eigenvalue weighted by molar-refractivity contribution is 5.29. The first-order valence-corrected chi connectivity index (χ1v) is 5.07. The molecule has 0 aliphatic rings. The van der Waals surface area contributed by atoms with E-state index >= 15 is 0 Å². The van der Waals surface area contributed by atoms with E-state index in [0.717, 1.165) is 12.0 Å². The average molecular weight is 190 g/mol. The summed E-state index contributed by atoms with van der Waals surface area (Å²) >= 11 is 0. The van der Waals surface area contributed by atoms with Gasteiger partial charge in [0.15, 0.2) is 0 Å². The Bertz CT molecular complexity index is 289. The Kier molecular flexibility index (Phi) is 3.90. The van der Waals surface area contributed by atoms with Crippen molar-refractivity contribution in [2.24, 2.45) is 0 Å². The van der Waals surface area contributed by atoms with Crippen LogP contribution in [0.2, 0.25) is 0 Å². The Hall–Kier alpha value is -1.08. The molecule has 14 heavy (non-hydrogen) atoms. The van der Waals surface area contributed by atoms with Crippen molar-refractivity contribution in [1.82, 2.24) is 0 Å². The van der Waals surface area contributed by atoms with Crippen molar-refractivity contribution >= 4 is 0 Å². The van der Waals surface area contributed by atoms with Crippen molar-refractivity contribution in [2.45, 2.75) is 25.7 Å². The van der Waals surface area contributed by atoms with Crippen molar-refractivity contribution < 1.29 is 5.11 Å². The van der Waals surface area contributed by atoms with Gasteiger partial charge in [-0.25, -0.2) is 0 Å². The van der Waals surface area contributed by atoms with Gasteiger partial charge >= 0.3 is 0 Å². The SMILES string of the molecule is CCC=CC(C)(CO)c1ccccc1. The van der Waals surface area contributed by atoms with Gasteiger partial charge in [-0.3, -0.25) is 0 Å². The fourth-order valence-corrected chi connectivity index (χ4v) is 1.44. The fourth-order valence-electron chi connectivity index (χ4n) is 1.44. The summed E-state index contributed by atoms with van der Waals surface area (Å²) < 4.78 is 0. The van der Waals surface area contributed by atoms with Crippen LogP contribution in [0.15, 0.2) is 42.5 Å². The second-order valence-corrected chi connectivity index (χ2v) is 3.75. The maximum Gasteiger partial charge on any atom is 0.0560 e. The summed E-state index contributed by atoms with van der Waals surface area (Å²) in [7, 11) is 0. The molecule has 1 N–H and O–H groups in total. The number of benzene rings is 1. The molecule has 0 radical (unpaired) electrons. The Morgan fingerprint density at radius 2 is 1.93 bits per heavy atom. The van der Waals surface area contributed by atoms with Crippen molar-refractivity contribution in [2.75, 3.05) is 6.61 Å². The Morgan fingerprint density at radius 1 is 1.29 bits per heavy atom. The lowest BCUT2D eigenvalue weighted by Gasteiger charge is -2.23.